The number of hydrogen-bond acceptors (Lipinski definition) is 4. The summed E-state index contributed by atoms with van der Waals surface area (Å²) in [4.78, 5) is 14.8. The number of methoxy groups -OCH3 is 1. The number of aryl methyl sites for hydroxylation is 1. The summed E-state index contributed by atoms with van der Waals surface area (Å²) in [5.74, 6) is 0.958. The maximum absolute atomic E-state index is 12.7. The molecule has 1 aromatic heterocycles. The quantitative estimate of drug-likeness (QED) is 0.623. The van der Waals surface area contributed by atoms with Crippen molar-refractivity contribution in [3.8, 4) is 5.75 Å². The third-order valence-corrected chi connectivity index (χ3v) is 5.18. The zero-order chi connectivity index (χ0) is 19.6. The van der Waals surface area contributed by atoms with Crippen molar-refractivity contribution in [1.82, 2.24) is 10.2 Å². The van der Waals surface area contributed by atoms with Crippen molar-refractivity contribution in [1.29, 1.82) is 0 Å². The van der Waals surface area contributed by atoms with Crippen LogP contribution in [0.1, 0.15) is 27.7 Å². The number of hydrogen-bond donors (Lipinski definition) is 1. The number of carbonyl (C=O) groups is 1. The molecule has 0 aliphatic carbocycles. The maximum atomic E-state index is 12.7. The Hall–Kier alpha value is -2.31. The van der Waals surface area contributed by atoms with E-state index in [2.05, 4.69) is 26.1 Å². The molecule has 5 nitrogen and oxygen atoms in total. The van der Waals surface area contributed by atoms with Crippen molar-refractivity contribution in [2.24, 2.45) is 0 Å². The summed E-state index contributed by atoms with van der Waals surface area (Å²) in [6.07, 6.45) is 0. The number of carbonyl (C=O) groups excluding carboxylic acids is 1. The van der Waals surface area contributed by atoms with Gasteiger partial charge in [0.15, 0.2) is 5.76 Å². The van der Waals surface area contributed by atoms with Gasteiger partial charge in [-0.15, -0.1) is 0 Å². The summed E-state index contributed by atoms with van der Waals surface area (Å²) in [6, 6.07) is 13.6. The van der Waals surface area contributed by atoms with Crippen LogP contribution in [0.4, 0.5) is 0 Å². The lowest BCUT2D eigenvalue weighted by Crippen LogP contribution is -2.34. The van der Waals surface area contributed by atoms with E-state index in [4.69, 9.17) is 9.15 Å². The van der Waals surface area contributed by atoms with Gasteiger partial charge in [0.25, 0.3) is 5.91 Å². The summed E-state index contributed by atoms with van der Waals surface area (Å²) in [6.45, 7) is 2.37. The molecule has 1 N–H and O–H groups in total. The molecule has 0 saturated carbocycles. The van der Waals surface area contributed by atoms with Crippen LogP contribution >= 0.6 is 15.9 Å². The van der Waals surface area contributed by atoms with Crippen LogP contribution in [0, 0.1) is 6.92 Å². The Morgan fingerprint density at radius 3 is 2.56 bits per heavy atom. The molecule has 1 heterocycles. The topological polar surface area (TPSA) is 54.7 Å². The Morgan fingerprint density at radius 2 is 1.93 bits per heavy atom. The Kier molecular flexibility index (Phi) is 5.87. The first-order valence-electron chi connectivity index (χ1n) is 8.68. The van der Waals surface area contributed by atoms with E-state index < -0.39 is 0 Å². The zero-order valence-electron chi connectivity index (χ0n) is 15.9. The van der Waals surface area contributed by atoms with Gasteiger partial charge in [0.2, 0.25) is 0 Å². The second kappa shape index (κ2) is 8.15. The molecule has 0 aliphatic heterocycles. The highest BCUT2D eigenvalue weighted by molar-refractivity contribution is 9.10. The summed E-state index contributed by atoms with van der Waals surface area (Å²) in [5.41, 5.74) is 2.65. The smallest absolute Gasteiger partial charge is 0.287 e. The average molecular weight is 431 g/mol. The molecule has 1 unspecified atom stereocenters. The molecule has 0 spiro atoms. The molecule has 2 aromatic carbocycles. The van der Waals surface area contributed by atoms with Gasteiger partial charge in [-0.1, -0.05) is 28.1 Å². The molecule has 6 heteroatoms. The normalized spacial score (nSPS) is 12.4. The highest BCUT2D eigenvalue weighted by Crippen LogP contribution is 2.28. The van der Waals surface area contributed by atoms with Gasteiger partial charge in [0.1, 0.15) is 11.3 Å². The standard InChI is InChI=1S/C21H23BrN2O3/c1-13-17-11-15(22)7-10-19(17)27-20(13)21(25)23-12-18(24(2)3)14-5-8-16(26-4)9-6-14/h5-11,18H,12H2,1-4H3,(H,23,25). The van der Waals surface area contributed by atoms with Crippen LogP contribution in [0.2, 0.25) is 0 Å². The third-order valence-electron chi connectivity index (χ3n) is 4.68. The second-order valence-corrected chi connectivity index (χ2v) is 7.57. The number of nitrogens with one attached hydrogen (secondary N) is 1. The van der Waals surface area contributed by atoms with Gasteiger partial charge in [0, 0.05) is 22.0 Å². The SMILES string of the molecule is COc1ccc(C(CNC(=O)c2oc3ccc(Br)cc3c2C)N(C)C)cc1. The fourth-order valence-corrected chi connectivity index (χ4v) is 3.47. The monoisotopic (exact) mass is 430 g/mol. The Morgan fingerprint density at radius 1 is 1.22 bits per heavy atom. The number of nitrogens with zero attached hydrogens (tertiary/aromatic N) is 1. The van der Waals surface area contributed by atoms with Crippen LogP contribution in [0.25, 0.3) is 11.0 Å². The van der Waals surface area contributed by atoms with Gasteiger partial charge < -0.3 is 19.4 Å². The van der Waals surface area contributed by atoms with Gasteiger partial charge >= 0.3 is 0 Å². The van der Waals surface area contributed by atoms with Crippen LogP contribution in [0.3, 0.4) is 0 Å². The molecule has 1 atom stereocenters. The predicted molar refractivity (Wildman–Crippen MR) is 110 cm³/mol. The van der Waals surface area contributed by atoms with Gasteiger partial charge in [0.05, 0.1) is 13.2 Å². The van der Waals surface area contributed by atoms with Crippen molar-refractivity contribution in [3.63, 3.8) is 0 Å². The fourth-order valence-electron chi connectivity index (χ4n) is 3.10. The number of rotatable bonds is 6. The molecule has 0 aliphatic rings. The maximum Gasteiger partial charge on any atom is 0.287 e. The molecule has 0 fully saturated rings. The lowest BCUT2D eigenvalue weighted by atomic mass is 10.1. The number of amides is 1. The summed E-state index contributed by atoms with van der Waals surface area (Å²) < 4.78 is 12.0. The molecule has 3 rings (SSSR count). The highest BCUT2D eigenvalue weighted by Gasteiger charge is 2.20. The third kappa shape index (κ3) is 4.17. The van der Waals surface area contributed by atoms with E-state index in [1.54, 1.807) is 7.11 Å². The van der Waals surface area contributed by atoms with Crippen LogP contribution in [0.15, 0.2) is 51.4 Å². The lowest BCUT2D eigenvalue weighted by molar-refractivity contribution is 0.0915. The first-order chi connectivity index (χ1) is 12.9. The van der Waals surface area contributed by atoms with Crippen molar-refractivity contribution >= 4 is 32.8 Å². The molecular formula is C21H23BrN2O3. The van der Waals surface area contributed by atoms with Crippen LogP contribution in [0.5, 0.6) is 5.75 Å². The lowest BCUT2D eigenvalue weighted by Gasteiger charge is -2.25. The predicted octanol–water partition coefficient (Wildman–Crippen LogP) is 4.55. The van der Waals surface area contributed by atoms with Gasteiger partial charge in [-0.3, -0.25) is 4.79 Å². The minimum atomic E-state index is -0.208. The minimum Gasteiger partial charge on any atom is -0.497 e. The van der Waals surface area contributed by atoms with E-state index in [0.717, 1.165) is 26.7 Å². The van der Waals surface area contributed by atoms with E-state index in [1.807, 2.05) is 63.5 Å². The zero-order valence-corrected chi connectivity index (χ0v) is 17.5. The van der Waals surface area contributed by atoms with Crippen molar-refractivity contribution in [2.75, 3.05) is 27.7 Å². The highest BCUT2D eigenvalue weighted by atomic mass is 79.9. The van der Waals surface area contributed by atoms with E-state index >= 15 is 0 Å². The number of ether oxygens (including phenoxy) is 1. The van der Waals surface area contributed by atoms with Crippen LogP contribution < -0.4 is 10.1 Å². The van der Waals surface area contributed by atoms with Gasteiger partial charge in [-0.05, 0) is 56.9 Å². The fraction of sp³-hybridized carbons (Fsp3) is 0.286. The molecule has 1 amide bonds. The number of benzene rings is 2. The average Bonchev–Trinajstić information content (AvgIpc) is 2.98. The molecule has 3 aromatic rings. The molecule has 142 valence electrons. The van der Waals surface area contributed by atoms with E-state index in [9.17, 15) is 4.79 Å². The van der Waals surface area contributed by atoms with E-state index in [1.165, 1.54) is 0 Å². The Bertz CT molecular complexity index is 948. The van der Waals surface area contributed by atoms with Gasteiger partial charge in [-0.25, -0.2) is 0 Å². The summed E-state index contributed by atoms with van der Waals surface area (Å²) in [5, 5.41) is 3.95. The Balaban J connectivity index is 1.77. The first kappa shape index (κ1) is 19.5. The van der Waals surface area contributed by atoms with Crippen LogP contribution in [-0.4, -0.2) is 38.6 Å². The second-order valence-electron chi connectivity index (χ2n) is 6.66. The molecular weight excluding hydrogens is 408 g/mol. The molecule has 0 radical (unpaired) electrons. The number of fused-ring (bicyclic) bond motifs is 1. The Labute approximate surface area is 167 Å². The number of likely N-dealkylation sites (N-methyl/N-ethyl adjacent to an activating group) is 1. The largest absolute Gasteiger partial charge is 0.497 e. The minimum absolute atomic E-state index is 0.0404. The van der Waals surface area contributed by atoms with Crippen molar-refractivity contribution in [2.45, 2.75) is 13.0 Å². The van der Waals surface area contributed by atoms with Crippen LogP contribution in [-0.2, 0) is 0 Å². The molecule has 0 saturated heterocycles. The van der Waals surface area contributed by atoms with Gasteiger partial charge in [-0.2, -0.15) is 0 Å². The van der Waals surface area contributed by atoms with E-state index in [-0.39, 0.29) is 11.9 Å². The van der Waals surface area contributed by atoms with Crippen molar-refractivity contribution in [3.05, 3.63) is 63.8 Å². The number of halogens is 1. The molecule has 0 bridgehead atoms. The number of furan rings is 1. The summed E-state index contributed by atoms with van der Waals surface area (Å²) in [7, 11) is 5.63. The molecule has 27 heavy (non-hydrogen) atoms. The first-order valence-corrected chi connectivity index (χ1v) is 9.47. The van der Waals surface area contributed by atoms with Crippen molar-refractivity contribution < 1.29 is 13.9 Å². The summed E-state index contributed by atoms with van der Waals surface area (Å²) >= 11 is 3.46. The van der Waals surface area contributed by atoms with E-state index in [0.29, 0.717) is 17.9 Å².